The molecular formula is C27H23BrN2O4. The molecule has 1 heterocycles. The number of rotatable bonds is 6. The first-order valence-corrected chi connectivity index (χ1v) is 11.6. The van der Waals surface area contributed by atoms with Crippen molar-refractivity contribution >= 4 is 21.9 Å². The lowest BCUT2D eigenvalue weighted by atomic mass is 9.83. The predicted octanol–water partition coefficient (Wildman–Crippen LogP) is 5.78. The van der Waals surface area contributed by atoms with Gasteiger partial charge in [0.25, 0.3) is 0 Å². The van der Waals surface area contributed by atoms with E-state index in [9.17, 15) is 10.1 Å². The largest absolute Gasteiger partial charge is 0.482 e. The molecule has 172 valence electrons. The van der Waals surface area contributed by atoms with Gasteiger partial charge in [0.1, 0.15) is 28.9 Å². The number of esters is 1. The van der Waals surface area contributed by atoms with Crippen LogP contribution in [0, 0.1) is 11.3 Å². The Balaban J connectivity index is 1.50. The van der Waals surface area contributed by atoms with Gasteiger partial charge < -0.3 is 19.9 Å². The molecule has 3 aromatic rings. The van der Waals surface area contributed by atoms with Crippen LogP contribution in [0.1, 0.15) is 42.4 Å². The van der Waals surface area contributed by atoms with Crippen molar-refractivity contribution in [3.8, 4) is 23.3 Å². The maximum atomic E-state index is 12.4. The molecule has 0 bridgehead atoms. The van der Waals surface area contributed by atoms with Gasteiger partial charge in [0.2, 0.25) is 5.88 Å². The van der Waals surface area contributed by atoms with Gasteiger partial charge in [0, 0.05) is 16.1 Å². The van der Waals surface area contributed by atoms with E-state index in [0.29, 0.717) is 28.7 Å². The molecular weight excluding hydrogens is 496 g/mol. The number of ether oxygens (including phenoxy) is 3. The Morgan fingerprint density at radius 3 is 2.47 bits per heavy atom. The summed E-state index contributed by atoms with van der Waals surface area (Å²) in [7, 11) is 0. The number of halogens is 1. The van der Waals surface area contributed by atoms with Gasteiger partial charge in [-0.3, -0.25) is 0 Å². The highest BCUT2D eigenvalue weighted by Gasteiger charge is 2.32. The Morgan fingerprint density at radius 1 is 1.09 bits per heavy atom. The molecule has 7 heteroatoms. The number of carbonyl (C=O) groups excluding carboxylic acids is 1. The molecule has 0 radical (unpaired) electrons. The van der Waals surface area contributed by atoms with Crippen molar-refractivity contribution in [3.63, 3.8) is 0 Å². The summed E-state index contributed by atoms with van der Waals surface area (Å²) in [5.74, 6) is 0.787. The summed E-state index contributed by atoms with van der Waals surface area (Å²) in [6, 6.07) is 22.4. The Hall–Kier alpha value is -3.76. The zero-order valence-corrected chi connectivity index (χ0v) is 20.3. The van der Waals surface area contributed by atoms with Gasteiger partial charge in [0.15, 0.2) is 6.61 Å². The van der Waals surface area contributed by atoms with E-state index >= 15 is 0 Å². The monoisotopic (exact) mass is 518 g/mol. The van der Waals surface area contributed by atoms with Gasteiger partial charge >= 0.3 is 5.97 Å². The normalized spacial score (nSPS) is 14.7. The molecule has 6 nitrogen and oxygen atoms in total. The Bertz CT molecular complexity index is 1290. The number of nitrogens with two attached hydrogens (primary N) is 1. The zero-order valence-electron chi connectivity index (χ0n) is 18.7. The molecule has 2 N–H and O–H groups in total. The predicted molar refractivity (Wildman–Crippen MR) is 132 cm³/mol. The van der Waals surface area contributed by atoms with E-state index in [1.54, 1.807) is 18.2 Å². The molecule has 0 fully saturated rings. The van der Waals surface area contributed by atoms with Crippen molar-refractivity contribution in [1.29, 1.82) is 5.26 Å². The molecule has 1 aliphatic heterocycles. The second-order valence-electron chi connectivity index (χ2n) is 8.13. The topological polar surface area (TPSA) is 94.6 Å². The highest BCUT2D eigenvalue weighted by molar-refractivity contribution is 9.10. The molecule has 1 aliphatic rings. The summed E-state index contributed by atoms with van der Waals surface area (Å²) >= 11 is 3.56. The first-order valence-electron chi connectivity index (χ1n) is 10.8. The lowest BCUT2D eigenvalue weighted by Gasteiger charge is -2.27. The van der Waals surface area contributed by atoms with Crippen LogP contribution in [0.5, 0.6) is 17.2 Å². The fourth-order valence-corrected chi connectivity index (χ4v) is 4.29. The van der Waals surface area contributed by atoms with Crippen LogP contribution < -0.4 is 19.9 Å². The lowest BCUT2D eigenvalue weighted by Crippen LogP contribution is -2.22. The quantitative estimate of drug-likeness (QED) is 0.328. The minimum absolute atomic E-state index is 0.0207. The van der Waals surface area contributed by atoms with Gasteiger partial charge in [0.05, 0.1) is 5.92 Å². The minimum atomic E-state index is -0.549. The van der Waals surface area contributed by atoms with Gasteiger partial charge in [-0.2, -0.15) is 5.26 Å². The highest BCUT2D eigenvalue weighted by atomic mass is 79.9. The van der Waals surface area contributed by atoms with E-state index in [1.165, 1.54) is 5.56 Å². The van der Waals surface area contributed by atoms with Crippen LogP contribution in [0.25, 0.3) is 0 Å². The number of hydrogen-bond donors (Lipinski definition) is 1. The summed E-state index contributed by atoms with van der Waals surface area (Å²) in [4.78, 5) is 12.4. The molecule has 4 rings (SSSR count). The third-order valence-electron chi connectivity index (χ3n) is 5.54. The molecule has 34 heavy (non-hydrogen) atoms. The Morgan fingerprint density at radius 2 is 1.79 bits per heavy atom. The molecule has 0 spiro atoms. The van der Waals surface area contributed by atoms with Crippen molar-refractivity contribution in [2.24, 2.45) is 5.73 Å². The van der Waals surface area contributed by atoms with Crippen molar-refractivity contribution in [1.82, 2.24) is 0 Å². The number of nitrogens with zero attached hydrogens (tertiary/aromatic N) is 1. The second-order valence-corrected chi connectivity index (χ2v) is 8.99. The van der Waals surface area contributed by atoms with E-state index < -0.39 is 11.9 Å². The lowest BCUT2D eigenvalue weighted by molar-refractivity contribution is -0.136. The molecule has 0 amide bonds. The summed E-state index contributed by atoms with van der Waals surface area (Å²) in [6.45, 7) is 3.99. The Labute approximate surface area is 206 Å². The van der Waals surface area contributed by atoms with Crippen LogP contribution in [-0.4, -0.2) is 12.6 Å². The summed E-state index contributed by atoms with van der Waals surface area (Å²) in [5.41, 5.74) is 9.21. The minimum Gasteiger partial charge on any atom is -0.482 e. The van der Waals surface area contributed by atoms with Crippen LogP contribution in [0.2, 0.25) is 0 Å². The van der Waals surface area contributed by atoms with Crippen molar-refractivity contribution in [2.75, 3.05) is 6.61 Å². The molecule has 0 saturated carbocycles. The van der Waals surface area contributed by atoms with Crippen LogP contribution in [0.15, 0.2) is 82.7 Å². The number of nitriles is 1. The van der Waals surface area contributed by atoms with E-state index in [1.807, 2.05) is 48.5 Å². The maximum Gasteiger partial charge on any atom is 0.349 e. The number of benzene rings is 3. The first-order chi connectivity index (χ1) is 16.4. The third-order valence-corrected chi connectivity index (χ3v) is 6.26. The van der Waals surface area contributed by atoms with Gasteiger partial charge in [-0.05, 0) is 41.3 Å². The van der Waals surface area contributed by atoms with Crippen LogP contribution >= 0.6 is 15.9 Å². The highest BCUT2D eigenvalue weighted by Crippen LogP contribution is 2.45. The standard InChI is InChI=1S/C27H23BrN2O4/c1-16(2)17-7-9-18(10-8-17)32-15-25(31)33-19-11-12-21-24(13-19)34-27(30)22(14-29)26(21)20-5-3-4-6-23(20)28/h3-13,16,26H,15,30H2,1-2H3. The number of fused-ring (bicyclic) bond motifs is 1. The van der Waals surface area contributed by atoms with E-state index in [0.717, 1.165) is 15.6 Å². The van der Waals surface area contributed by atoms with E-state index in [-0.39, 0.29) is 12.5 Å². The number of carbonyl (C=O) groups is 1. The molecule has 0 saturated heterocycles. The van der Waals surface area contributed by atoms with Gasteiger partial charge in [-0.15, -0.1) is 0 Å². The smallest absolute Gasteiger partial charge is 0.349 e. The third kappa shape index (κ3) is 4.92. The molecule has 0 aliphatic carbocycles. The van der Waals surface area contributed by atoms with Crippen molar-refractivity contribution in [2.45, 2.75) is 25.7 Å². The average molecular weight is 519 g/mol. The number of allylic oxidation sites excluding steroid dienone is 1. The molecule has 3 aromatic carbocycles. The van der Waals surface area contributed by atoms with Crippen LogP contribution in [-0.2, 0) is 4.79 Å². The summed E-state index contributed by atoms with van der Waals surface area (Å²) in [5, 5.41) is 9.71. The SMILES string of the molecule is CC(C)c1ccc(OCC(=O)Oc2ccc3c(c2)OC(N)=C(C#N)C3c2ccccc2Br)cc1. The van der Waals surface area contributed by atoms with Crippen LogP contribution in [0.4, 0.5) is 0 Å². The fourth-order valence-electron chi connectivity index (χ4n) is 3.78. The zero-order chi connectivity index (χ0) is 24.2. The fraction of sp³-hybridized carbons (Fsp3) is 0.185. The summed E-state index contributed by atoms with van der Waals surface area (Å²) < 4.78 is 17.5. The van der Waals surface area contributed by atoms with Crippen molar-refractivity contribution in [3.05, 3.63) is 99.3 Å². The van der Waals surface area contributed by atoms with Gasteiger partial charge in [-0.25, -0.2) is 4.79 Å². The van der Waals surface area contributed by atoms with Crippen molar-refractivity contribution < 1.29 is 19.0 Å². The first kappa shape index (κ1) is 23.4. The summed E-state index contributed by atoms with van der Waals surface area (Å²) in [6.07, 6.45) is 0. The average Bonchev–Trinajstić information content (AvgIpc) is 2.82. The Kier molecular flexibility index (Phi) is 6.90. The van der Waals surface area contributed by atoms with E-state index in [2.05, 4.69) is 35.8 Å². The van der Waals surface area contributed by atoms with Gasteiger partial charge in [-0.1, -0.05) is 66.2 Å². The molecule has 1 unspecified atom stereocenters. The molecule has 1 atom stereocenters. The second kappa shape index (κ2) is 10.0. The maximum absolute atomic E-state index is 12.4. The van der Waals surface area contributed by atoms with E-state index in [4.69, 9.17) is 19.9 Å². The van der Waals surface area contributed by atoms with Crippen LogP contribution in [0.3, 0.4) is 0 Å². The number of hydrogen-bond acceptors (Lipinski definition) is 6. The molecule has 0 aromatic heterocycles.